The molecule has 114 valence electrons. The number of hydrogen-bond acceptors (Lipinski definition) is 1. The van der Waals surface area contributed by atoms with Crippen molar-refractivity contribution in [1.29, 1.82) is 0 Å². The van der Waals surface area contributed by atoms with E-state index in [4.69, 9.17) is 0 Å². The zero-order valence-corrected chi connectivity index (χ0v) is 14.3. The summed E-state index contributed by atoms with van der Waals surface area (Å²) in [6.45, 7) is 0. The van der Waals surface area contributed by atoms with Crippen LogP contribution in [0, 0.1) is 0 Å². The minimum absolute atomic E-state index is 0.0709. The molecule has 1 saturated carbocycles. The van der Waals surface area contributed by atoms with E-state index in [0.29, 0.717) is 16.8 Å². The smallest absolute Gasteiger partial charge is 0.230 e. The zero-order chi connectivity index (χ0) is 14.8. The summed E-state index contributed by atoms with van der Waals surface area (Å²) in [6.07, 6.45) is 8.08. The van der Waals surface area contributed by atoms with E-state index in [1.165, 1.54) is 30.4 Å². The summed E-state index contributed by atoms with van der Waals surface area (Å²) in [5.74, 6) is 0.389. The number of alkyl halides is 1. The van der Waals surface area contributed by atoms with Crippen LogP contribution in [0.1, 0.15) is 55.6 Å². The molecule has 1 amide bonds. The van der Waals surface area contributed by atoms with Crippen LogP contribution in [-0.4, -0.2) is 28.7 Å². The maximum atomic E-state index is 13.0. The number of carbonyl (C=O) groups excluding carboxylic acids is 1. The van der Waals surface area contributed by atoms with E-state index in [0.717, 1.165) is 25.7 Å². The third-order valence-corrected chi connectivity index (χ3v) is 6.23. The average molecular weight is 350 g/mol. The van der Waals surface area contributed by atoms with E-state index >= 15 is 0 Å². The number of amides is 1. The van der Waals surface area contributed by atoms with Gasteiger partial charge >= 0.3 is 0 Å². The molecule has 21 heavy (non-hydrogen) atoms. The van der Waals surface area contributed by atoms with Crippen LogP contribution in [0.3, 0.4) is 0 Å². The standard InChI is InChI=1S/C18H24BrNO/c1-20(17-12-5-4-11-16(17)19)18(21)15-10-6-8-13-7-2-3-9-14(13)15/h2-3,7,9,15-17H,4-6,8,10-12H2,1H3. The van der Waals surface area contributed by atoms with Gasteiger partial charge in [0, 0.05) is 17.9 Å². The molecular formula is C18H24BrNO. The van der Waals surface area contributed by atoms with Gasteiger partial charge in [0.25, 0.3) is 0 Å². The number of halogens is 1. The van der Waals surface area contributed by atoms with E-state index in [1.54, 1.807) is 0 Å². The fraction of sp³-hybridized carbons (Fsp3) is 0.611. The molecule has 3 atom stereocenters. The number of fused-ring (bicyclic) bond motifs is 1. The Kier molecular flexibility index (Phi) is 4.68. The molecule has 2 aliphatic rings. The van der Waals surface area contributed by atoms with Gasteiger partial charge in [-0.15, -0.1) is 0 Å². The van der Waals surface area contributed by atoms with Crippen LogP contribution in [0.2, 0.25) is 0 Å². The predicted octanol–water partition coefficient (Wildman–Crippen LogP) is 4.27. The van der Waals surface area contributed by atoms with E-state index in [2.05, 4.69) is 40.2 Å². The van der Waals surface area contributed by atoms with Crippen molar-refractivity contribution in [2.45, 2.75) is 61.7 Å². The highest BCUT2D eigenvalue weighted by atomic mass is 79.9. The van der Waals surface area contributed by atoms with Crippen LogP contribution >= 0.6 is 15.9 Å². The fourth-order valence-corrected chi connectivity index (χ4v) is 4.86. The normalized spacial score (nSPS) is 28.8. The van der Waals surface area contributed by atoms with Crippen LogP contribution in [0.5, 0.6) is 0 Å². The molecule has 3 unspecified atom stereocenters. The van der Waals surface area contributed by atoms with E-state index < -0.39 is 0 Å². The van der Waals surface area contributed by atoms with Crippen molar-refractivity contribution in [1.82, 2.24) is 4.90 Å². The summed E-state index contributed by atoms with van der Waals surface area (Å²) >= 11 is 3.79. The fourth-order valence-electron chi connectivity index (χ4n) is 3.92. The van der Waals surface area contributed by atoms with E-state index in [1.807, 2.05) is 11.9 Å². The first-order valence-corrected chi connectivity index (χ1v) is 9.08. The molecule has 1 aromatic carbocycles. The molecule has 1 aromatic rings. The van der Waals surface area contributed by atoms with Gasteiger partial charge in [-0.25, -0.2) is 0 Å². The van der Waals surface area contributed by atoms with Gasteiger partial charge in [0.05, 0.1) is 5.92 Å². The second-order valence-electron chi connectivity index (χ2n) is 6.46. The second kappa shape index (κ2) is 6.51. The predicted molar refractivity (Wildman–Crippen MR) is 89.9 cm³/mol. The molecular weight excluding hydrogens is 326 g/mol. The maximum Gasteiger partial charge on any atom is 0.230 e. The highest BCUT2D eigenvalue weighted by Gasteiger charge is 2.34. The van der Waals surface area contributed by atoms with Crippen LogP contribution in [0.25, 0.3) is 0 Å². The lowest BCUT2D eigenvalue weighted by atomic mass is 9.81. The first kappa shape index (κ1) is 15.1. The van der Waals surface area contributed by atoms with Crippen LogP contribution < -0.4 is 0 Å². The third kappa shape index (κ3) is 3.03. The van der Waals surface area contributed by atoms with Gasteiger partial charge in [0.15, 0.2) is 0 Å². The summed E-state index contributed by atoms with van der Waals surface area (Å²) in [6, 6.07) is 8.85. The van der Waals surface area contributed by atoms with Gasteiger partial charge in [-0.05, 0) is 43.2 Å². The maximum absolute atomic E-state index is 13.0. The van der Waals surface area contributed by atoms with Crippen molar-refractivity contribution in [2.24, 2.45) is 0 Å². The highest BCUT2D eigenvalue weighted by molar-refractivity contribution is 9.09. The molecule has 1 fully saturated rings. The van der Waals surface area contributed by atoms with Crippen molar-refractivity contribution in [3.8, 4) is 0 Å². The molecule has 0 heterocycles. The van der Waals surface area contributed by atoms with Gasteiger partial charge in [-0.1, -0.05) is 53.0 Å². The summed E-state index contributed by atoms with van der Waals surface area (Å²) in [7, 11) is 2.00. The third-order valence-electron chi connectivity index (χ3n) is 5.16. The number of rotatable bonds is 2. The van der Waals surface area contributed by atoms with Crippen molar-refractivity contribution in [2.75, 3.05) is 7.05 Å². The molecule has 0 bridgehead atoms. The van der Waals surface area contributed by atoms with Crippen molar-refractivity contribution in [3.63, 3.8) is 0 Å². The van der Waals surface area contributed by atoms with Crippen LogP contribution in [0.4, 0.5) is 0 Å². The molecule has 0 N–H and O–H groups in total. The van der Waals surface area contributed by atoms with Gasteiger partial charge in [-0.2, -0.15) is 0 Å². The monoisotopic (exact) mass is 349 g/mol. The summed E-state index contributed by atoms with van der Waals surface area (Å²) in [4.78, 5) is 15.5. The summed E-state index contributed by atoms with van der Waals surface area (Å²) in [5, 5.41) is 0. The van der Waals surface area contributed by atoms with Crippen LogP contribution in [-0.2, 0) is 11.2 Å². The quantitative estimate of drug-likeness (QED) is 0.730. The SMILES string of the molecule is CN(C(=O)C1CCCc2ccccc21)C1CCCCC1Br. The van der Waals surface area contributed by atoms with Gasteiger partial charge in [-0.3, -0.25) is 4.79 Å². The lowest BCUT2D eigenvalue weighted by Gasteiger charge is -2.38. The average Bonchev–Trinajstić information content (AvgIpc) is 2.53. The summed E-state index contributed by atoms with van der Waals surface area (Å²) in [5.41, 5.74) is 2.64. The highest BCUT2D eigenvalue weighted by Crippen LogP contribution is 2.35. The van der Waals surface area contributed by atoms with E-state index in [9.17, 15) is 4.79 Å². The second-order valence-corrected chi connectivity index (χ2v) is 7.64. The van der Waals surface area contributed by atoms with Gasteiger partial charge in [0.1, 0.15) is 0 Å². The Bertz CT molecular complexity index is 516. The molecule has 0 radical (unpaired) electrons. The van der Waals surface area contributed by atoms with E-state index in [-0.39, 0.29) is 5.92 Å². The molecule has 3 rings (SSSR count). The lowest BCUT2D eigenvalue weighted by molar-refractivity contribution is -0.134. The zero-order valence-electron chi connectivity index (χ0n) is 12.7. The number of carbonyl (C=O) groups is 1. The largest absolute Gasteiger partial charge is 0.341 e. The Labute approximate surface area is 136 Å². The molecule has 0 saturated heterocycles. The Morgan fingerprint density at radius 1 is 1.14 bits per heavy atom. The Hall–Kier alpha value is -0.830. The van der Waals surface area contributed by atoms with Crippen molar-refractivity contribution < 1.29 is 4.79 Å². The van der Waals surface area contributed by atoms with Crippen molar-refractivity contribution in [3.05, 3.63) is 35.4 Å². The molecule has 0 aliphatic heterocycles. The minimum atomic E-state index is 0.0709. The molecule has 0 aromatic heterocycles. The van der Waals surface area contributed by atoms with Crippen LogP contribution in [0.15, 0.2) is 24.3 Å². The molecule has 3 heteroatoms. The topological polar surface area (TPSA) is 20.3 Å². The summed E-state index contributed by atoms with van der Waals surface area (Å²) < 4.78 is 0. The van der Waals surface area contributed by atoms with Crippen molar-refractivity contribution >= 4 is 21.8 Å². The lowest BCUT2D eigenvalue weighted by Crippen LogP contribution is -2.46. The number of aryl methyl sites for hydroxylation is 1. The first-order valence-electron chi connectivity index (χ1n) is 8.17. The number of benzene rings is 1. The Morgan fingerprint density at radius 3 is 2.71 bits per heavy atom. The van der Waals surface area contributed by atoms with Gasteiger partial charge < -0.3 is 4.90 Å². The number of nitrogens with zero attached hydrogens (tertiary/aromatic N) is 1. The molecule has 2 aliphatic carbocycles. The number of hydrogen-bond donors (Lipinski definition) is 0. The Morgan fingerprint density at radius 2 is 1.90 bits per heavy atom. The number of likely N-dealkylation sites (N-methyl/N-ethyl adjacent to an activating group) is 1. The minimum Gasteiger partial charge on any atom is -0.341 e. The first-order chi connectivity index (χ1) is 10.2. The molecule has 2 nitrogen and oxygen atoms in total. The Balaban J connectivity index is 1.79. The molecule has 0 spiro atoms. The van der Waals surface area contributed by atoms with Gasteiger partial charge in [0.2, 0.25) is 5.91 Å².